The third-order valence-corrected chi connectivity index (χ3v) is 8.77. The highest BCUT2D eigenvalue weighted by Gasteiger charge is 2.18. The van der Waals surface area contributed by atoms with Crippen molar-refractivity contribution in [2.45, 2.75) is 0 Å². The van der Waals surface area contributed by atoms with E-state index in [0.717, 1.165) is 0 Å². The average molecular weight is 502 g/mol. The first-order valence-electron chi connectivity index (χ1n) is 12.9. The van der Waals surface area contributed by atoms with Crippen molar-refractivity contribution in [2.24, 2.45) is 0 Å². The molecule has 0 saturated carbocycles. The Bertz CT molecular complexity index is 2060. The Labute approximate surface area is 224 Å². The fourth-order valence-corrected chi connectivity index (χ4v) is 7.11. The number of para-hydroxylation sites is 1. The third-order valence-electron chi connectivity index (χ3n) is 7.57. The molecule has 2 heterocycles. The molecule has 38 heavy (non-hydrogen) atoms. The van der Waals surface area contributed by atoms with Gasteiger partial charge in [0.25, 0.3) is 0 Å². The van der Waals surface area contributed by atoms with Crippen LogP contribution in [0, 0.1) is 0 Å². The summed E-state index contributed by atoms with van der Waals surface area (Å²) in [6.07, 6.45) is 0. The van der Waals surface area contributed by atoms with Crippen molar-refractivity contribution in [1.29, 1.82) is 0 Å². The van der Waals surface area contributed by atoms with E-state index in [1.807, 2.05) is 11.3 Å². The highest BCUT2D eigenvalue weighted by atomic mass is 32.1. The van der Waals surface area contributed by atoms with Crippen molar-refractivity contribution in [3.05, 3.63) is 140 Å². The van der Waals surface area contributed by atoms with Crippen LogP contribution in [0.2, 0.25) is 0 Å². The number of thiophene rings is 1. The largest absolute Gasteiger partial charge is 0.309 e. The molecule has 0 amide bonds. The lowest BCUT2D eigenvalue weighted by molar-refractivity contribution is 1.18. The molecule has 0 aliphatic carbocycles. The molecule has 0 fully saturated rings. The van der Waals surface area contributed by atoms with Crippen molar-refractivity contribution in [2.75, 3.05) is 0 Å². The quantitative estimate of drug-likeness (QED) is 0.227. The second kappa shape index (κ2) is 8.44. The summed E-state index contributed by atoms with van der Waals surface area (Å²) >= 11 is 1.90. The Morgan fingerprint density at radius 2 is 1.03 bits per heavy atom. The SMILES string of the molecule is c1ccc(-c2cc(-c3ccccc3)cc(-n3c4ccccc4c4c5sc6ccccc6c5ccc43)c2)cc1. The van der Waals surface area contributed by atoms with Crippen LogP contribution in [0.15, 0.2) is 140 Å². The summed E-state index contributed by atoms with van der Waals surface area (Å²) in [5.74, 6) is 0. The van der Waals surface area contributed by atoms with Crippen LogP contribution in [0.1, 0.15) is 0 Å². The van der Waals surface area contributed by atoms with Gasteiger partial charge in [0.15, 0.2) is 0 Å². The lowest BCUT2D eigenvalue weighted by Crippen LogP contribution is -1.96. The minimum atomic E-state index is 1.18. The highest BCUT2D eigenvalue weighted by Crippen LogP contribution is 2.43. The number of hydrogen-bond acceptors (Lipinski definition) is 1. The zero-order valence-corrected chi connectivity index (χ0v) is 21.5. The number of nitrogens with zero attached hydrogens (tertiary/aromatic N) is 1. The smallest absolute Gasteiger partial charge is 0.0555 e. The van der Waals surface area contributed by atoms with Crippen molar-refractivity contribution in [3.8, 4) is 27.9 Å². The van der Waals surface area contributed by atoms with Crippen LogP contribution < -0.4 is 0 Å². The molecule has 0 saturated heterocycles. The molecule has 1 nitrogen and oxygen atoms in total. The molecule has 8 aromatic rings. The maximum absolute atomic E-state index is 2.45. The second-order valence-electron chi connectivity index (χ2n) is 9.79. The molecule has 2 aromatic heterocycles. The summed E-state index contributed by atoms with van der Waals surface area (Å²) in [6.45, 7) is 0. The van der Waals surface area contributed by atoms with E-state index < -0.39 is 0 Å². The molecule has 0 spiro atoms. The first-order chi connectivity index (χ1) is 18.8. The second-order valence-corrected chi connectivity index (χ2v) is 10.8. The number of aromatic nitrogens is 1. The van der Waals surface area contributed by atoms with Gasteiger partial charge in [-0.15, -0.1) is 11.3 Å². The van der Waals surface area contributed by atoms with Gasteiger partial charge in [-0.1, -0.05) is 103 Å². The standard InChI is InChI=1S/C36H23NS/c1-3-11-24(12-4-1)26-21-27(25-13-5-2-6-14-25)23-28(22-26)37-32-17-9-7-16-31(32)35-33(37)20-19-30-29-15-8-10-18-34(29)38-36(30)35/h1-23H. The fourth-order valence-electron chi connectivity index (χ4n) is 5.85. The molecule has 8 rings (SSSR count). The molecular formula is C36H23NS. The van der Waals surface area contributed by atoms with E-state index in [0.29, 0.717) is 0 Å². The van der Waals surface area contributed by atoms with Gasteiger partial charge in [-0.2, -0.15) is 0 Å². The van der Waals surface area contributed by atoms with E-state index in [4.69, 9.17) is 0 Å². The first-order valence-corrected chi connectivity index (χ1v) is 13.8. The summed E-state index contributed by atoms with van der Waals surface area (Å²) in [6, 6.07) is 50.6. The molecule has 0 unspecified atom stereocenters. The van der Waals surface area contributed by atoms with E-state index in [1.54, 1.807) is 0 Å². The Morgan fingerprint density at radius 3 is 1.74 bits per heavy atom. The zero-order chi connectivity index (χ0) is 25.1. The van der Waals surface area contributed by atoms with Crippen LogP contribution >= 0.6 is 11.3 Å². The van der Waals surface area contributed by atoms with Crippen LogP contribution in [-0.4, -0.2) is 4.57 Å². The first kappa shape index (κ1) is 21.4. The van der Waals surface area contributed by atoms with E-state index in [1.165, 1.54) is 69.9 Å². The van der Waals surface area contributed by atoms with Crippen molar-refractivity contribution < 1.29 is 0 Å². The highest BCUT2D eigenvalue weighted by molar-refractivity contribution is 7.26. The fraction of sp³-hybridized carbons (Fsp3) is 0. The lowest BCUT2D eigenvalue weighted by atomic mass is 9.98. The van der Waals surface area contributed by atoms with E-state index in [-0.39, 0.29) is 0 Å². The van der Waals surface area contributed by atoms with Gasteiger partial charge in [-0.05, 0) is 58.7 Å². The maximum Gasteiger partial charge on any atom is 0.0555 e. The van der Waals surface area contributed by atoms with Gasteiger partial charge in [0.05, 0.1) is 11.0 Å². The van der Waals surface area contributed by atoms with Crippen LogP contribution in [0.3, 0.4) is 0 Å². The summed E-state index contributed by atoms with van der Waals surface area (Å²) < 4.78 is 5.15. The van der Waals surface area contributed by atoms with Crippen molar-refractivity contribution in [1.82, 2.24) is 4.57 Å². The van der Waals surface area contributed by atoms with Gasteiger partial charge in [0.1, 0.15) is 0 Å². The third kappa shape index (κ3) is 3.24. The number of rotatable bonds is 3. The van der Waals surface area contributed by atoms with Crippen LogP contribution in [0.4, 0.5) is 0 Å². The van der Waals surface area contributed by atoms with Gasteiger partial charge < -0.3 is 4.57 Å². The molecule has 6 aromatic carbocycles. The van der Waals surface area contributed by atoms with Crippen LogP contribution in [0.25, 0.3) is 69.9 Å². The number of hydrogen-bond donors (Lipinski definition) is 0. The lowest BCUT2D eigenvalue weighted by Gasteiger charge is -2.14. The predicted molar refractivity (Wildman–Crippen MR) is 165 cm³/mol. The summed E-state index contributed by atoms with van der Waals surface area (Å²) in [7, 11) is 0. The minimum absolute atomic E-state index is 1.18. The molecular weight excluding hydrogens is 478 g/mol. The topological polar surface area (TPSA) is 4.93 Å². The van der Waals surface area contributed by atoms with Gasteiger partial charge >= 0.3 is 0 Å². The van der Waals surface area contributed by atoms with Gasteiger partial charge in [0, 0.05) is 36.6 Å². The van der Waals surface area contributed by atoms with Crippen LogP contribution in [0.5, 0.6) is 0 Å². The van der Waals surface area contributed by atoms with Gasteiger partial charge in [-0.25, -0.2) is 0 Å². The van der Waals surface area contributed by atoms with Gasteiger partial charge in [0.2, 0.25) is 0 Å². The molecule has 0 radical (unpaired) electrons. The number of benzene rings is 6. The summed E-state index contributed by atoms with van der Waals surface area (Å²) in [5, 5.41) is 5.31. The molecule has 2 heteroatoms. The monoisotopic (exact) mass is 501 g/mol. The normalized spacial score (nSPS) is 11.7. The van der Waals surface area contributed by atoms with Crippen LogP contribution in [-0.2, 0) is 0 Å². The molecule has 0 bridgehead atoms. The molecule has 0 N–H and O–H groups in total. The molecule has 0 atom stereocenters. The Hall–Kier alpha value is -4.66. The maximum atomic E-state index is 2.45. The Morgan fingerprint density at radius 1 is 0.421 bits per heavy atom. The van der Waals surface area contributed by atoms with Crippen molar-refractivity contribution >= 4 is 53.3 Å². The van der Waals surface area contributed by atoms with E-state index in [9.17, 15) is 0 Å². The van der Waals surface area contributed by atoms with Crippen molar-refractivity contribution in [3.63, 3.8) is 0 Å². The average Bonchev–Trinajstić information content (AvgIpc) is 3.53. The molecule has 0 aliphatic heterocycles. The Balaban J connectivity index is 1.49. The summed E-state index contributed by atoms with van der Waals surface area (Å²) in [4.78, 5) is 0. The Kier molecular flexibility index (Phi) is 4.76. The summed E-state index contributed by atoms with van der Waals surface area (Å²) in [5.41, 5.74) is 8.54. The predicted octanol–water partition coefficient (Wildman–Crippen LogP) is 10.5. The molecule has 178 valence electrons. The minimum Gasteiger partial charge on any atom is -0.309 e. The van der Waals surface area contributed by atoms with E-state index >= 15 is 0 Å². The molecule has 0 aliphatic rings. The van der Waals surface area contributed by atoms with Gasteiger partial charge in [-0.3, -0.25) is 0 Å². The zero-order valence-electron chi connectivity index (χ0n) is 20.6. The number of fused-ring (bicyclic) bond motifs is 7. The van der Waals surface area contributed by atoms with E-state index in [2.05, 4.69) is 144 Å².